The van der Waals surface area contributed by atoms with Crippen molar-refractivity contribution in [2.24, 2.45) is 5.10 Å². The fraction of sp³-hybridized carbons (Fsp3) is 0.286. The predicted molar refractivity (Wildman–Crippen MR) is 79.4 cm³/mol. The summed E-state index contributed by atoms with van der Waals surface area (Å²) < 4.78 is 0. The molecule has 0 fully saturated rings. The summed E-state index contributed by atoms with van der Waals surface area (Å²) in [4.78, 5) is 34.2. The van der Waals surface area contributed by atoms with Crippen LogP contribution < -0.4 is 10.7 Å². The van der Waals surface area contributed by atoms with Crippen molar-refractivity contribution in [3.8, 4) is 0 Å². The molecule has 0 saturated carbocycles. The van der Waals surface area contributed by atoms with Gasteiger partial charge in [-0.15, -0.1) is 0 Å². The van der Waals surface area contributed by atoms with E-state index < -0.39 is 17.9 Å². The zero-order chi connectivity index (χ0) is 16.1. The van der Waals surface area contributed by atoms with Crippen LogP contribution in [0.1, 0.15) is 30.9 Å². The van der Waals surface area contributed by atoms with Gasteiger partial charge in [0.25, 0.3) is 5.91 Å². The van der Waals surface area contributed by atoms with E-state index in [9.17, 15) is 14.4 Å². The number of hydrogen-bond donors (Lipinski definition) is 3. The topological polar surface area (TPSA) is 108 Å². The van der Waals surface area contributed by atoms with Crippen molar-refractivity contribution in [3.05, 3.63) is 34.9 Å². The highest BCUT2D eigenvalue weighted by molar-refractivity contribution is 6.39. The van der Waals surface area contributed by atoms with E-state index in [4.69, 9.17) is 16.7 Å². The summed E-state index contributed by atoms with van der Waals surface area (Å²) in [7, 11) is 0. The van der Waals surface area contributed by atoms with Gasteiger partial charge in [-0.2, -0.15) is 5.10 Å². The van der Waals surface area contributed by atoms with Crippen LogP contribution in [0.2, 0.25) is 5.02 Å². The van der Waals surface area contributed by atoms with Crippen molar-refractivity contribution in [2.45, 2.75) is 25.3 Å². The number of hydrogen-bond acceptors (Lipinski definition) is 4. The maximum Gasteiger partial charge on any atom is 0.305 e. The normalized spacial score (nSPS) is 15.5. The number of amides is 2. The molecule has 2 amide bonds. The Bertz CT molecular complexity index is 645. The summed E-state index contributed by atoms with van der Waals surface area (Å²) in [6, 6.07) is 5.92. The summed E-state index contributed by atoms with van der Waals surface area (Å²) in [6.07, 6.45) is 0.0665. The summed E-state index contributed by atoms with van der Waals surface area (Å²) in [5, 5.41) is 15.7. The van der Waals surface area contributed by atoms with Gasteiger partial charge in [-0.1, -0.05) is 29.8 Å². The molecule has 1 heterocycles. The number of carboxylic acid groups (broad SMARTS) is 1. The first-order valence-corrected chi connectivity index (χ1v) is 6.97. The predicted octanol–water partition coefficient (Wildman–Crippen LogP) is 1.24. The van der Waals surface area contributed by atoms with E-state index in [2.05, 4.69) is 15.8 Å². The van der Waals surface area contributed by atoms with Crippen LogP contribution in [-0.4, -0.2) is 28.6 Å². The molecule has 1 aliphatic rings. The second kappa shape index (κ2) is 7.04. The molecule has 22 heavy (non-hydrogen) atoms. The SMILES string of the molecule is O=C(O)CC(NC(=O)C1=NNC(=O)CC1)c1ccccc1Cl. The lowest BCUT2D eigenvalue weighted by atomic mass is 10.0. The van der Waals surface area contributed by atoms with Crippen molar-refractivity contribution in [3.63, 3.8) is 0 Å². The summed E-state index contributed by atoms with van der Waals surface area (Å²) in [6.45, 7) is 0. The van der Waals surface area contributed by atoms with Crippen LogP contribution in [0.15, 0.2) is 29.4 Å². The molecule has 0 radical (unpaired) electrons. The maximum atomic E-state index is 12.2. The Labute approximate surface area is 131 Å². The number of aliphatic carboxylic acids is 1. The number of benzene rings is 1. The second-order valence-corrected chi connectivity index (χ2v) is 5.15. The number of carbonyl (C=O) groups is 3. The first-order chi connectivity index (χ1) is 10.5. The molecule has 3 N–H and O–H groups in total. The van der Waals surface area contributed by atoms with Gasteiger partial charge < -0.3 is 10.4 Å². The minimum atomic E-state index is -1.07. The van der Waals surface area contributed by atoms with Crippen LogP contribution in [-0.2, 0) is 14.4 Å². The van der Waals surface area contributed by atoms with E-state index in [-0.39, 0.29) is 30.9 Å². The van der Waals surface area contributed by atoms with Gasteiger partial charge in [-0.25, -0.2) is 5.43 Å². The minimum absolute atomic E-state index is 0.155. The smallest absolute Gasteiger partial charge is 0.305 e. The number of hydrazone groups is 1. The maximum absolute atomic E-state index is 12.2. The number of carboxylic acids is 1. The minimum Gasteiger partial charge on any atom is -0.481 e. The van der Waals surface area contributed by atoms with Crippen LogP contribution in [0.5, 0.6) is 0 Å². The number of nitrogens with zero attached hydrogens (tertiary/aromatic N) is 1. The lowest BCUT2D eigenvalue weighted by Gasteiger charge is -2.20. The lowest BCUT2D eigenvalue weighted by Crippen LogP contribution is -2.39. The summed E-state index contributed by atoms with van der Waals surface area (Å²) in [5.41, 5.74) is 2.89. The van der Waals surface area contributed by atoms with Crippen LogP contribution in [0, 0.1) is 0 Å². The molecule has 8 heteroatoms. The Morgan fingerprint density at radius 1 is 1.36 bits per heavy atom. The Balaban J connectivity index is 2.17. The monoisotopic (exact) mass is 323 g/mol. The van der Waals surface area contributed by atoms with Gasteiger partial charge in [-0.3, -0.25) is 14.4 Å². The molecule has 1 atom stereocenters. The molecule has 116 valence electrons. The highest BCUT2D eigenvalue weighted by Gasteiger charge is 2.24. The number of rotatable bonds is 5. The van der Waals surface area contributed by atoms with E-state index in [0.717, 1.165) is 0 Å². The standard InChI is InChI=1S/C14H14ClN3O4/c15-9-4-2-1-3-8(9)11(7-13(20)21)16-14(22)10-5-6-12(19)18-17-10/h1-4,11H,5-7H2,(H,16,22)(H,18,19)(H,20,21). The van der Waals surface area contributed by atoms with Crippen molar-refractivity contribution in [1.82, 2.24) is 10.7 Å². The first kappa shape index (κ1) is 16.0. The van der Waals surface area contributed by atoms with E-state index in [1.54, 1.807) is 24.3 Å². The molecule has 1 unspecified atom stereocenters. The van der Waals surface area contributed by atoms with Gasteiger partial charge in [0.1, 0.15) is 5.71 Å². The molecule has 2 rings (SSSR count). The molecule has 0 spiro atoms. The van der Waals surface area contributed by atoms with Crippen molar-refractivity contribution >= 4 is 35.1 Å². The van der Waals surface area contributed by atoms with Gasteiger partial charge in [0.2, 0.25) is 5.91 Å². The lowest BCUT2D eigenvalue weighted by molar-refractivity contribution is -0.137. The van der Waals surface area contributed by atoms with Crippen LogP contribution in [0.25, 0.3) is 0 Å². The molecule has 1 aliphatic heterocycles. The van der Waals surface area contributed by atoms with Crippen LogP contribution in [0.4, 0.5) is 0 Å². The van der Waals surface area contributed by atoms with Crippen LogP contribution in [0.3, 0.4) is 0 Å². The molecule has 0 saturated heterocycles. The molecule has 0 aliphatic carbocycles. The van der Waals surface area contributed by atoms with E-state index in [1.165, 1.54) is 0 Å². The Hall–Kier alpha value is -2.41. The fourth-order valence-electron chi connectivity index (χ4n) is 2.05. The van der Waals surface area contributed by atoms with E-state index in [0.29, 0.717) is 10.6 Å². The Morgan fingerprint density at radius 2 is 2.09 bits per heavy atom. The molecule has 0 bridgehead atoms. The number of halogens is 1. The summed E-state index contributed by atoms with van der Waals surface area (Å²) in [5.74, 6) is -1.85. The van der Waals surface area contributed by atoms with E-state index >= 15 is 0 Å². The second-order valence-electron chi connectivity index (χ2n) is 4.74. The van der Waals surface area contributed by atoms with Crippen LogP contribution >= 0.6 is 11.6 Å². The highest BCUT2D eigenvalue weighted by atomic mass is 35.5. The molecule has 0 aromatic heterocycles. The zero-order valence-electron chi connectivity index (χ0n) is 11.5. The number of nitrogens with one attached hydrogen (secondary N) is 2. The molecule has 1 aromatic rings. The summed E-state index contributed by atoms with van der Waals surface area (Å²) >= 11 is 6.06. The zero-order valence-corrected chi connectivity index (χ0v) is 12.3. The number of carbonyl (C=O) groups excluding carboxylic acids is 2. The molecular weight excluding hydrogens is 310 g/mol. The quantitative estimate of drug-likeness (QED) is 0.757. The third-order valence-electron chi connectivity index (χ3n) is 3.13. The molecule has 7 nitrogen and oxygen atoms in total. The van der Waals surface area contributed by atoms with Gasteiger partial charge in [0.15, 0.2) is 0 Å². The first-order valence-electron chi connectivity index (χ1n) is 6.60. The van der Waals surface area contributed by atoms with Crippen molar-refractivity contribution in [1.29, 1.82) is 0 Å². The third-order valence-corrected chi connectivity index (χ3v) is 3.48. The largest absolute Gasteiger partial charge is 0.481 e. The molecule has 1 aromatic carbocycles. The van der Waals surface area contributed by atoms with Crippen molar-refractivity contribution < 1.29 is 19.5 Å². The third kappa shape index (κ3) is 4.05. The van der Waals surface area contributed by atoms with Gasteiger partial charge in [-0.05, 0) is 11.6 Å². The Morgan fingerprint density at radius 3 is 2.68 bits per heavy atom. The average Bonchev–Trinajstić information content (AvgIpc) is 2.47. The van der Waals surface area contributed by atoms with E-state index in [1.807, 2.05) is 0 Å². The van der Waals surface area contributed by atoms with Gasteiger partial charge in [0, 0.05) is 17.9 Å². The van der Waals surface area contributed by atoms with Crippen molar-refractivity contribution in [2.75, 3.05) is 0 Å². The molecular formula is C14H14ClN3O4. The Kier molecular flexibility index (Phi) is 5.11. The highest BCUT2D eigenvalue weighted by Crippen LogP contribution is 2.25. The average molecular weight is 324 g/mol. The fourth-order valence-corrected chi connectivity index (χ4v) is 2.32. The van der Waals surface area contributed by atoms with Gasteiger partial charge >= 0.3 is 5.97 Å². The van der Waals surface area contributed by atoms with Gasteiger partial charge in [0.05, 0.1) is 12.5 Å².